The Morgan fingerprint density at radius 3 is 2.23 bits per heavy atom. The van der Waals surface area contributed by atoms with Crippen LogP contribution in [0, 0.1) is 17.3 Å². The molecule has 0 aliphatic heterocycles. The van der Waals surface area contributed by atoms with Crippen molar-refractivity contribution in [1.29, 1.82) is 0 Å². The van der Waals surface area contributed by atoms with Crippen LogP contribution >= 0.6 is 15.9 Å². The van der Waals surface area contributed by atoms with Crippen molar-refractivity contribution in [3.8, 4) is 5.75 Å². The average Bonchev–Trinajstić information content (AvgIpc) is 2.98. The van der Waals surface area contributed by atoms with Crippen LogP contribution < -0.4 is 16.0 Å². The molecule has 0 saturated carbocycles. The highest BCUT2D eigenvalue weighted by atomic mass is 79.9. The zero-order chi connectivity index (χ0) is 35.8. The molecule has 13 heteroatoms. The number of hydrogen-bond acceptors (Lipinski definition) is 9. The van der Waals surface area contributed by atoms with Gasteiger partial charge in [0.05, 0.1) is 30.0 Å². The summed E-state index contributed by atoms with van der Waals surface area (Å²) in [6, 6.07) is 5.31. The van der Waals surface area contributed by atoms with Gasteiger partial charge in [0.1, 0.15) is 5.75 Å². The van der Waals surface area contributed by atoms with E-state index in [-0.39, 0.29) is 78.4 Å². The van der Waals surface area contributed by atoms with Crippen LogP contribution in [-0.4, -0.2) is 72.8 Å². The molecule has 264 valence electrons. The molecule has 0 aromatic heterocycles. The summed E-state index contributed by atoms with van der Waals surface area (Å²) in [6.07, 6.45) is 5.40. The summed E-state index contributed by atoms with van der Waals surface area (Å²) in [5, 5.41) is 27.0. The summed E-state index contributed by atoms with van der Waals surface area (Å²) in [5.41, 5.74) is 1.67. The maximum Gasteiger partial charge on any atom is 0.373 e. The fourth-order valence-electron chi connectivity index (χ4n) is 4.38. The normalized spacial score (nSPS) is 12.5. The van der Waals surface area contributed by atoms with Crippen molar-refractivity contribution >= 4 is 51.3 Å². The second-order valence-electron chi connectivity index (χ2n) is 12.5. The van der Waals surface area contributed by atoms with E-state index in [9.17, 15) is 24.3 Å². The lowest BCUT2D eigenvalue weighted by atomic mass is 9.76. The van der Waals surface area contributed by atoms with E-state index < -0.39 is 5.91 Å². The third kappa shape index (κ3) is 21.9. The second kappa shape index (κ2) is 24.7. The van der Waals surface area contributed by atoms with Crippen molar-refractivity contribution in [3.05, 3.63) is 34.3 Å². The largest absolute Gasteiger partial charge is 0.506 e. The molecule has 0 fully saturated rings. The van der Waals surface area contributed by atoms with E-state index in [1.54, 1.807) is 6.07 Å². The average molecular weight is 727 g/mol. The highest BCUT2D eigenvalue weighted by Crippen LogP contribution is 2.32. The summed E-state index contributed by atoms with van der Waals surface area (Å²) in [7, 11) is 0. The van der Waals surface area contributed by atoms with E-state index in [1.807, 2.05) is 12.1 Å². The fourth-order valence-corrected chi connectivity index (χ4v) is 4.79. The fraction of sp³-hybridized carbons (Fsp3) is 0.618. The first-order valence-corrected chi connectivity index (χ1v) is 16.7. The molecule has 0 radical (unpaired) electrons. The minimum atomic E-state index is -0.450. The Balaban J connectivity index is 0.00000677. The van der Waals surface area contributed by atoms with Crippen molar-refractivity contribution in [3.63, 3.8) is 0 Å². The molecule has 0 heterocycles. The number of nitrogens with one attached hydrogen (secondary N) is 3. The van der Waals surface area contributed by atoms with Gasteiger partial charge in [0.15, 0.2) is 5.78 Å². The van der Waals surface area contributed by atoms with Crippen LogP contribution in [-0.2, 0) is 39.9 Å². The van der Waals surface area contributed by atoms with Gasteiger partial charge in [-0.3, -0.25) is 19.2 Å². The van der Waals surface area contributed by atoms with Gasteiger partial charge in [-0.25, -0.2) is 0 Å². The summed E-state index contributed by atoms with van der Waals surface area (Å²) in [5.74, 6) is -0.0567. The highest BCUT2D eigenvalue weighted by Gasteiger charge is 2.22. The molecule has 1 rings (SSSR count). The maximum absolute atomic E-state index is 12.5. The number of amides is 3. The van der Waals surface area contributed by atoms with Crippen LogP contribution in [0.2, 0.25) is 0 Å². The summed E-state index contributed by atoms with van der Waals surface area (Å²) >= 11 is 3.15. The third-order valence-electron chi connectivity index (χ3n) is 7.42. The first kappa shape index (κ1) is 43.6. The lowest BCUT2D eigenvalue weighted by Gasteiger charge is -2.29. The molecule has 3 amide bonds. The van der Waals surface area contributed by atoms with Gasteiger partial charge in [0.25, 0.3) is 0 Å². The summed E-state index contributed by atoms with van der Waals surface area (Å²) < 4.78 is 5.21. The number of ether oxygens (including phenoxy) is 1. The number of ketones is 1. The number of Topliss-reactive ketones (excluding diaryl/α,β-unsaturated/α-hetero) is 1. The van der Waals surface area contributed by atoms with Crippen molar-refractivity contribution < 1.29 is 43.7 Å². The Labute approximate surface area is 286 Å². The number of phenols is 1. The standard InChI is InChI=1S/C33H52BrN3O7.CO2/c1-23(19-24(2)33(3,4)5)20-25-12-13-29(40)27(21-25)37-31(42)11-8-14-35-32(43)22-26(34)28(39)9-6-7-10-30(41)36-15-17-44-18-16-38;2-1-3/h12-13,21-24,38,40H,6-11,14-20H2,1-5H3,(H,35,43)(H,36,41)(H,37,42);/b26-22-;/t23-,24?;/m1./s1. The predicted octanol–water partition coefficient (Wildman–Crippen LogP) is 4.43. The number of anilines is 1. The number of aromatic hydroxyl groups is 1. The van der Waals surface area contributed by atoms with Crippen LogP contribution in [0.5, 0.6) is 5.75 Å². The number of aliphatic hydroxyl groups is 1. The minimum absolute atomic E-state index is 0.00874. The van der Waals surface area contributed by atoms with Gasteiger partial charge < -0.3 is 30.9 Å². The first-order valence-electron chi connectivity index (χ1n) is 15.9. The Hall–Kier alpha value is -3.38. The van der Waals surface area contributed by atoms with Crippen LogP contribution in [0.25, 0.3) is 0 Å². The Kier molecular flexibility index (Phi) is 23.0. The molecule has 5 N–H and O–H groups in total. The van der Waals surface area contributed by atoms with Crippen molar-refractivity contribution in [1.82, 2.24) is 10.6 Å². The van der Waals surface area contributed by atoms with Crippen molar-refractivity contribution in [2.24, 2.45) is 17.3 Å². The summed E-state index contributed by atoms with van der Waals surface area (Å²) in [6.45, 7) is 12.3. The molecule has 2 atom stereocenters. The summed E-state index contributed by atoms with van der Waals surface area (Å²) in [4.78, 5) is 65.0. The number of halogens is 1. The van der Waals surface area contributed by atoms with E-state index in [1.165, 1.54) is 6.08 Å². The molecular weight excluding hydrogens is 674 g/mol. The number of rotatable bonds is 21. The van der Waals surface area contributed by atoms with Crippen LogP contribution in [0.15, 0.2) is 28.8 Å². The number of carbonyl (C=O) groups is 4. The van der Waals surface area contributed by atoms with Gasteiger partial charge in [-0.05, 0) is 83.0 Å². The number of aliphatic hydroxyl groups excluding tert-OH is 1. The lowest BCUT2D eigenvalue weighted by molar-refractivity contribution is -0.191. The van der Waals surface area contributed by atoms with Crippen molar-refractivity contribution in [2.45, 2.75) is 86.0 Å². The van der Waals surface area contributed by atoms with E-state index in [2.05, 4.69) is 66.5 Å². The minimum Gasteiger partial charge on any atom is -0.506 e. The molecule has 1 aromatic rings. The third-order valence-corrected chi connectivity index (χ3v) is 8.09. The van der Waals surface area contributed by atoms with Gasteiger partial charge in [-0.15, -0.1) is 0 Å². The zero-order valence-corrected chi connectivity index (χ0v) is 29.9. The van der Waals surface area contributed by atoms with Gasteiger partial charge in [0.2, 0.25) is 17.7 Å². The monoisotopic (exact) mass is 725 g/mol. The van der Waals surface area contributed by atoms with E-state index in [0.717, 1.165) is 18.4 Å². The van der Waals surface area contributed by atoms with Gasteiger partial charge in [-0.1, -0.05) is 40.7 Å². The van der Waals surface area contributed by atoms with Crippen LogP contribution in [0.4, 0.5) is 5.69 Å². The number of allylic oxidation sites excluding steroid dienone is 1. The molecule has 0 saturated heterocycles. The molecule has 12 nitrogen and oxygen atoms in total. The van der Waals surface area contributed by atoms with Gasteiger partial charge in [-0.2, -0.15) is 9.59 Å². The Morgan fingerprint density at radius 1 is 0.957 bits per heavy atom. The number of phenolic OH excluding ortho intramolecular Hbond substituents is 1. The van der Waals surface area contributed by atoms with E-state index in [4.69, 9.17) is 19.4 Å². The van der Waals surface area contributed by atoms with Gasteiger partial charge >= 0.3 is 6.15 Å². The molecule has 0 aliphatic carbocycles. The molecule has 47 heavy (non-hydrogen) atoms. The molecule has 1 unspecified atom stereocenters. The molecule has 0 aliphatic rings. The SMILES string of the molecule is CC(C[C@@H](C)Cc1ccc(O)c(NC(=O)CCCNC(=O)/C=C(\Br)C(=O)CCCCC(=O)NCCOCCO)c1)C(C)(C)C.O=C=O. The Morgan fingerprint density at radius 2 is 1.60 bits per heavy atom. The van der Waals surface area contributed by atoms with E-state index in [0.29, 0.717) is 49.9 Å². The molecule has 1 aromatic carbocycles. The van der Waals surface area contributed by atoms with Crippen LogP contribution in [0.1, 0.15) is 85.1 Å². The van der Waals surface area contributed by atoms with Crippen molar-refractivity contribution in [2.75, 3.05) is 38.2 Å². The molecule has 0 spiro atoms. The predicted molar refractivity (Wildman–Crippen MR) is 181 cm³/mol. The highest BCUT2D eigenvalue weighted by molar-refractivity contribution is 9.12. The number of hydrogen-bond donors (Lipinski definition) is 5. The lowest BCUT2D eigenvalue weighted by Crippen LogP contribution is -2.27. The Bertz CT molecular complexity index is 1190. The van der Waals surface area contributed by atoms with Gasteiger partial charge in [0, 0.05) is 38.4 Å². The number of unbranched alkanes of at least 4 members (excludes halogenated alkanes) is 1. The number of benzene rings is 1. The second-order valence-corrected chi connectivity index (χ2v) is 13.4. The smallest absolute Gasteiger partial charge is 0.373 e. The first-order chi connectivity index (χ1) is 22.1. The number of carbonyl (C=O) groups excluding carboxylic acids is 6. The maximum atomic E-state index is 12.5. The topological polar surface area (TPSA) is 188 Å². The molecule has 0 bridgehead atoms. The van der Waals surface area contributed by atoms with E-state index >= 15 is 0 Å². The van der Waals surface area contributed by atoms with Crippen LogP contribution in [0.3, 0.4) is 0 Å². The zero-order valence-electron chi connectivity index (χ0n) is 28.3. The quantitative estimate of drug-likeness (QED) is 0.0694. The molecular formula is C34H52BrN3O9.